The molecule has 1 heterocycles. The third-order valence-corrected chi connectivity index (χ3v) is 3.06. The second-order valence-corrected chi connectivity index (χ2v) is 4.45. The van der Waals surface area contributed by atoms with Crippen LogP contribution in [0, 0.1) is 10.1 Å². The Labute approximate surface area is 108 Å². The largest absolute Gasteiger partial charge is 0.480 e. The van der Waals surface area contributed by atoms with E-state index in [1.807, 2.05) is 0 Å². The van der Waals surface area contributed by atoms with E-state index in [9.17, 15) is 19.7 Å². The molecular formula is C11H13N3O5. The summed E-state index contributed by atoms with van der Waals surface area (Å²) in [7, 11) is 1.41. The first kappa shape index (κ1) is 13.1. The molecule has 0 spiro atoms. The van der Waals surface area contributed by atoms with E-state index in [-0.39, 0.29) is 24.1 Å². The molecule has 1 fully saturated rings. The molecule has 102 valence electrons. The van der Waals surface area contributed by atoms with Gasteiger partial charge in [0.2, 0.25) is 0 Å². The summed E-state index contributed by atoms with van der Waals surface area (Å²) in [4.78, 5) is 34.4. The fraction of sp³-hybridized carbons (Fsp3) is 0.455. The minimum Gasteiger partial charge on any atom is -0.480 e. The van der Waals surface area contributed by atoms with Gasteiger partial charge in [-0.25, -0.2) is 4.57 Å². The van der Waals surface area contributed by atoms with E-state index in [1.54, 1.807) is 0 Å². The molecule has 1 aromatic heterocycles. The van der Waals surface area contributed by atoms with Crippen LogP contribution in [0.2, 0.25) is 0 Å². The van der Waals surface area contributed by atoms with Crippen molar-refractivity contribution in [3.8, 4) is 0 Å². The summed E-state index contributed by atoms with van der Waals surface area (Å²) in [5, 5.41) is 19.5. The van der Waals surface area contributed by atoms with Gasteiger partial charge in [0.1, 0.15) is 6.54 Å². The van der Waals surface area contributed by atoms with E-state index < -0.39 is 16.8 Å². The van der Waals surface area contributed by atoms with Gasteiger partial charge in [-0.3, -0.25) is 9.59 Å². The molecule has 1 aliphatic rings. The molecule has 0 bridgehead atoms. The molecule has 0 radical (unpaired) electrons. The molecule has 2 rings (SSSR count). The third-order valence-electron chi connectivity index (χ3n) is 3.06. The number of carboxylic acids is 1. The second-order valence-electron chi connectivity index (χ2n) is 4.45. The average Bonchev–Trinajstić information content (AvgIpc) is 3.08. The normalized spacial score (nSPS) is 14.2. The van der Waals surface area contributed by atoms with Crippen molar-refractivity contribution in [1.29, 1.82) is 0 Å². The van der Waals surface area contributed by atoms with Gasteiger partial charge in [0.15, 0.2) is 5.69 Å². The Kier molecular flexibility index (Phi) is 3.24. The zero-order valence-electron chi connectivity index (χ0n) is 10.3. The Morgan fingerprint density at radius 1 is 1.53 bits per heavy atom. The van der Waals surface area contributed by atoms with Crippen LogP contribution in [0.1, 0.15) is 23.3 Å². The monoisotopic (exact) mass is 267 g/mol. The lowest BCUT2D eigenvalue weighted by molar-refractivity contribution is -0.391. The van der Waals surface area contributed by atoms with Gasteiger partial charge < -0.3 is 20.1 Å². The van der Waals surface area contributed by atoms with Gasteiger partial charge in [0, 0.05) is 12.1 Å². The maximum absolute atomic E-state index is 12.2. The predicted molar refractivity (Wildman–Crippen MR) is 63.8 cm³/mol. The number of hydrogen-bond acceptors (Lipinski definition) is 4. The summed E-state index contributed by atoms with van der Waals surface area (Å²) >= 11 is 0. The minimum atomic E-state index is -1.09. The van der Waals surface area contributed by atoms with Crippen molar-refractivity contribution < 1.29 is 19.6 Å². The Hall–Kier alpha value is -2.38. The number of rotatable bonds is 5. The molecule has 0 atom stereocenters. The SMILES string of the molecule is Cn1c(C(=O)N(CC(=O)O)C2CC2)ccc1[N+](=O)[O-]. The van der Waals surface area contributed by atoms with E-state index in [0.717, 1.165) is 12.8 Å². The summed E-state index contributed by atoms with van der Waals surface area (Å²) in [6.07, 6.45) is 1.54. The highest BCUT2D eigenvalue weighted by Gasteiger charge is 2.36. The first-order valence-corrected chi connectivity index (χ1v) is 5.74. The molecule has 8 nitrogen and oxygen atoms in total. The van der Waals surface area contributed by atoms with Gasteiger partial charge in [-0.1, -0.05) is 0 Å². The molecule has 1 aliphatic carbocycles. The topological polar surface area (TPSA) is 106 Å². The minimum absolute atomic E-state index is 0.0717. The van der Waals surface area contributed by atoms with Crippen molar-refractivity contribution in [3.63, 3.8) is 0 Å². The number of carbonyl (C=O) groups is 2. The van der Waals surface area contributed by atoms with Crippen molar-refractivity contribution in [2.24, 2.45) is 7.05 Å². The Morgan fingerprint density at radius 2 is 2.16 bits per heavy atom. The number of amides is 1. The zero-order valence-corrected chi connectivity index (χ0v) is 10.3. The molecule has 1 saturated carbocycles. The standard InChI is InChI=1S/C11H13N3O5/c1-12-8(4-5-9(12)14(18)19)11(17)13(6-10(15)16)7-2-3-7/h4-5,7H,2-3,6H2,1H3,(H,15,16). The zero-order chi connectivity index (χ0) is 14.2. The molecule has 8 heteroatoms. The van der Waals surface area contributed by atoms with E-state index in [0.29, 0.717) is 0 Å². The Balaban J connectivity index is 2.26. The number of aromatic nitrogens is 1. The number of nitro groups is 1. The van der Waals surface area contributed by atoms with Crippen molar-refractivity contribution >= 4 is 17.7 Å². The van der Waals surface area contributed by atoms with E-state index in [4.69, 9.17) is 5.11 Å². The molecule has 0 saturated heterocycles. The predicted octanol–water partition coefficient (Wildman–Crippen LogP) is 0.623. The van der Waals surface area contributed by atoms with E-state index in [2.05, 4.69) is 0 Å². The molecule has 1 amide bonds. The molecule has 1 N–H and O–H groups in total. The molecule has 1 aromatic rings. The van der Waals surface area contributed by atoms with Gasteiger partial charge in [-0.05, 0) is 23.8 Å². The maximum atomic E-state index is 12.2. The van der Waals surface area contributed by atoms with Crippen molar-refractivity contribution in [2.75, 3.05) is 6.54 Å². The molecule has 0 aliphatic heterocycles. The van der Waals surface area contributed by atoms with Gasteiger partial charge in [0.25, 0.3) is 5.91 Å². The number of aliphatic carboxylic acids is 1. The van der Waals surface area contributed by atoms with E-state index in [1.165, 1.54) is 28.6 Å². The van der Waals surface area contributed by atoms with Crippen LogP contribution in [0.5, 0.6) is 0 Å². The van der Waals surface area contributed by atoms with Crippen LogP contribution in [0.25, 0.3) is 0 Å². The quantitative estimate of drug-likeness (QED) is 0.622. The van der Waals surface area contributed by atoms with Crippen LogP contribution in [-0.4, -0.2) is 44.0 Å². The van der Waals surface area contributed by atoms with Crippen LogP contribution in [0.4, 0.5) is 5.82 Å². The van der Waals surface area contributed by atoms with E-state index >= 15 is 0 Å². The Bertz CT molecular complexity index is 547. The number of nitrogens with zero attached hydrogens (tertiary/aromatic N) is 3. The summed E-state index contributed by atoms with van der Waals surface area (Å²) in [5.74, 6) is -1.78. The third kappa shape index (κ3) is 2.56. The van der Waals surface area contributed by atoms with Crippen molar-refractivity contribution in [2.45, 2.75) is 18.9 Å². The average molecular weight is 267 g/mol. The second kappa shape index (κ2) is 4.71. The lowest BCUT2D eigenvalue weighted by Gasteiger charge is -2.18. The Morgan fingerprint density at radius 3 is 2.58 bits per heavy atom. The number of hydrogen-bond donors (Lipinski definition) is 1. The smallest absolute Gasteiger partial charge is 0.323 e. The van der Waals surface area contributed by atoms with Crippen molar-refractivity contribution in [1.82, 2.24) is 9.47 Å². The molecule has 0 aromatic carbocycles. The highest BCUT2D eigenvalue weighted by atomic mass is 16.6. The van der Waals surface area contributed by atoms with Crippen LogP contribution >= 0.6 is 0 Å². The maximum Gasteiger partial charge on any atom is 0.323 e. The molecule has 19 heavy (non-hydrogen) atoms. The van der Waals surface area contributed by atoms with Gasteiger partial charge in [0.05, 0.1) is 7.05 Å². The number of carbonyl (C=O) groups excluding carboxylic acids is 1. The lowest BCUT2D eigenvalue weighted by Crippen LogP contribution is -2.38. The van der Waals surface area contributed by atoms with Crippen LogP contribution in [0.15, 0.2) is 12.1 Å². The van der Waals surface area contributed by atoms with Gasteiger partial charge in [-0.2, -0.15) is 0 Å². The van der Waals surface area contributed by atoms with Crippen LogP contribution < -0.4 is 0 Å². The summed E-state index contributed by atoms with van der Waals surface area (Å²) in [6, 6.07) is 2.51. The number of carboxylic acid groups (broad SMARTS) is 1. The first-order valence-electron chi connectivity index (χ1n) is 5.74. The van der Waals surface area contributed by atoms with Crippen LogP contribution in [0.3, 0.4) is 0 Å². The fourth-order valence-corrected chi connectivity index (χ4v) is 1.94. The van der Waals surface area contributed by atoms with Crippen LogP contribution in [-0.2, 0) is 11.8 Å². The van der Waals surface area contributed by atoms with Gasteiger partial charge in [-0.15, -0.1) is 0 Å². The summed E-state index contributed by atoms with van der Waals surface area (Å²) < 4.78 is 1.17. The lowest BCUT2D eigenvalue weighted by atomic mass is 10.3. The fourth-order valence-electron chi connectivity index (χ4n) is 1.94. The summed E-state index contributed by atoms with van der Waals surface area (Å²) in [6.45, 7) is -0.386. The molecular weight excluding hydrogens is 254 g/mol. The first-order chi connectivity index (χ1) is 8.91. The van der Waals surface area contributed by atoms with Crippen molar-refractivity contribution in [3.05, 3.63) is 27.9 Å². The summed E-state index contributed by atoms with van der Waals surface area (Å²) in [5.41, 5.74) is 0.125. The van der Waals surface area contributed by atoms with Gasteiger partial charge >= 0.3 is 11.8 Å². The highest BCUT2D eigenvalue weighted by molar-refractivity contribution is 5.95. The molecule has 0 unspecified atom stereocenters. The highest BCUT2D eigenvalue weighted by Crippen LogP contribution is 2.28.